The highest BCUT2D eigenvalue weighted by Gasteiger charge is 2.11. The van der Waals surface area contributed by atoms with E-state index in [0.717, 1.165) is 12.3 Å². The topological polar surface area (TPSA) is 17.8 Å². The van der Waals surface area contributed by atoms with Crippen LogP contribution >= 0.6 is 46.7 Å². The van der Waals surface area contributed by atoms with Crippen molar-refractivity contribution >= 4 is 46.7 Å². The predicted octanol–water partition coefficient (Wildman–Crippen LogP) is 6.66. The van der Waals surface area contributed by atoms with Crippen LogP contribution in [0.4, 0.5) is 0 Å². The molecule has 2 aromatic rings. The Morgan fingerprint density at radius 1 is 1.17 bits per heavy atom. The number of thioether (sulfide) groups is 2. The molecule has 2 rings (SSSR count). The summed E-state index contributed by atoms with van der Waals surface area (Å²) in [6, 6.07) is 5.86. The molecule has 2 nitrogen and oxygen atoms in total. The number of hydrogen-bond acceptors (Lipinski definition) is 3. The number of nitrogens with zero attached hydrogens (tertiary/aromatic N) is 2. The molecule has 6 heteroatoms. The van der Waals surface area contributed by atoms with Gasteiger partial charge in [-0.1, -0.05) is 49.4 Å². The quantitative estimate of drug-likeness (QED) is 0.308. The van der Waals surface area contributed by atoms with Gasteiger partial charge < -0.3 is 4.57 Å². The lowest BCUT2D eigenvalue weighted by Crippen LogP contribution is -2.15. The molecule has 0 aliphatic carbocycles. The second-order valence-corrected chi connectivity index (χ2v) is 9.02. The first-order chi connectivity index (χ1) is 11.7. The summed E-state index contributed by atoms with van der Waals surface area (Å²) in [6.07, 6.45) is 11.0. The van der Waals surface area contributed by atoms with Crippen molar-refractivity contribution in [1.29, 1.82) is 0 Å². The van der Waals surface area contributed by atoms with Crippen LogP contribution in [0.25, 0.3) is 0 Å². The van der Waals surface area contributed by atoms with Crippen molar-refractivity contribution in [3.8, 4) is 0 Å². The predicted molar refractivity (Wildman–Crippen MR) is 110 cm³/mol. The summed E-state index contributed by atoms with van der Waals surface area (Å²) in [4.78, 5) is 5.32. The number of benzene rings is 1. The smallest absolute Gasteiger partial charge is 0.0946 e. The number of imidazole rings is 1. The van der Waals surface area contributed by atoms with Gasteiger partial charge in [0, 0.05) is 34.8 Å². The SMILES string of the molecule is CCCCCCSC(CSc1ccc(Cl)c(Cl)c1)Cn1ccnc1. The molecule has 0 N–H and O–H groups in total. The number of rotatable bonds is 11. The Balaban J connectivity index is 1.85. The minimum atomic E-state index is 0.556. The molecule has 0 spiro atoms. The van der Waals surface area contributed by atoms with Gasteiger partial charge in [0.15, 0.2) is 0 Å². The molecule has 0 amide bonds. The molecule has 1 aromatic carbocycles. The molecule has 0 radical (unpaired) electrons. The Morgan fingerprint density at radius 3 is 2.75 bits per heavy atom. The fraction of sp³-hybridized carbons (Fsp3) is 0.500. The molecule has 24 heavy (non-hydrogen) atoms. The van der Waals surface area contributed by atoms with Gasteiger partial charge in [-0.2, -0.15) is 11.8 Å². The fourth-order valence-electron chi connectivity index (χ4n) is 2.32. The van der Waals surface area contributed by atoms with Gasteiger partial charge in [0.2, 0.25) is 0 Å². The van der Waals surface area contributed by atoms with Gasteiger partial charge >= 0.3 is 0 Å². The average molecular weight is 403 g/mol. The molecule has 0 aliphatic heterocycles. The Kier molecular flexibility index (Phi) is 9.47. The van der Waals surface area contributed by atoms with Gasteiger partial charge in [-0.15, -0.1) is 11.8 Å². The van der Waals surface area contributed by atoms with Gasteiger partial charge in [-0.25, -0.2) is 4.98 Å². The van der Waals surface area contributed by atoms with E-state index in [1.54, 1.807) is 0 Å². The fourth-order valence-corrected chi connectivity index (χ4v) is 5.10. The van der Waals surface area contributed by atoms with Crippen molar-refractivity contribution in [1.82, 2.24) is 9.55 Å². The van der Waals surface area contributed by atoms with E-state index in [2.05, 4.69) is 28.2 Å². The zero-order valence-corrected chi connectivity index (χ0v) is 17.1. The van der Waals surface area contributed by atoms with Crippen LogP contribution in [0.5, 0.6) is 0 Å². The standard InChI is InChI=1S/C18H24Cl2N2S2/c1-2-3-4-5-10-23-16(12-22-9-8-21-14-22)13-24-15-6-7-17(19)18(20)11-15/h6-9,11,14,16H,2-5,10,12-13H2,1H3. The molecule has 1 atom stereocenters. The summed E-state index contributed by atoms with van der Waals surface area (Å²) in [5.41, 5.74) is 0. The summed E-state index contributed by atoms with van der Waals surface area (Å²) in [7, 11) is 0. The van der Waals surface area contributed by atoms with Gasteiger partial charge in [0.25, 0.3) is 0 Å². The van der Waals surface area contributed by atoms with E-state index in [1.807, 2.05) is 48.7 Å². The van der Waals surface area contributed by atoms with Crippen molar-refractivity contribution in [2.75, 3.05) is 11.5 Å². The molecule has 132 valence electrons. The highest BCUT2D eigenvalue weighted by Crippen LogP contribution is 2.30. The molecule has 1 aromatic heterocycles. The summed E-state index contributed by atoms with van der Waals surface area (Å²) in [6.45, 7) is 3.25. The van der Waals surface area contributed by atoms with Crippen LogP contribution in [0.3, 0.4) is 0 Å². The number of aromatic nitrogens is 2. The third-order valence-corrected chi connectivity index (χ3v) is 7.07. The van der Waals surface area contributed by atoms with Crippen LogP contribution < -0.4 is 0 Å². The maximum atomic E-state index is 6.11. The van der Waals surface area contributed by atoms with E-state index in [4.69, 9.17) is 23.2 Å². The first-order valence-electron chi connectivity index (χ1n) is 8.34. The lowest BCUT2D eigenvalue weighted by molar-refractivity contribution is 0.687. The molecule has 0 bridgehead atoms. The molecule has 0 saturated heterocycles. The average Bonchev–Trinajstić information content (AvgIpc) is 3.08. The van der Waals surface area contributed by atoms with Crippen molar-refractivity contribution in [2.45, 2.75) is 49.3 Å². The Morgan fingerprint density at radius 2 is 2.04 bits per heavy atom. The van der Waals surface area contributed by atoms with E-state index in [9.17, 15) is 0 Å². The highest BCUT2D eigenvalue weighted by atomic mass is 35.5. The van der Waals surface area contributed by atoms with E-state index in [-0.39, 0.29) is 0 Å². The summed E-state index contributed by atoms with van der Waals surface area (Å²) >= 11 is 16.0. The van der Waals surface area contributed by atoms with Crippen LogP contribution in [-0.4, -0.2) is 26.3 Å². The normalized spacial score (nSPS) is 12.5. The van der Waals surface area contributed by atoms with Crippen LogP contribution in [0.2, 0.25) is 10.0 Å². The van der Waals surface area contributed by atoms with Gasteiger partial charge in [-0.05, 0) is 30.4 Å². The third-order valence-electron chi connectivity index (χ3n) is 3.65. The number of hydrogen-bond donors (Lipinski definition) is 0. The summed E-state index contributed by atoms with van der Waals surface area (Å²) in [5.74, 6) is 2.27. The lowest BCUT2D eigenvalue weighted by atomic mass is 10.2. The molecule has 0 saturated carbocycles. The molecule has 0 aliphatic rings. The Labute approximate surface area is 163 Å². The van der Waals surface area contributed by atoms with E-state index in [1.165, 1.54) is 36.3 Å². The first-order valence-corrected chi connectivity index (χ1v) is 11.1. The molecule has 0 fully saturated rings. The van der Waals surface area contributed by atoms with Gasteiger partial charge in [0.05, 0.1) is 16.4 Å². The zero-order valence-electron chi connectivity index (χ0n) is 14.0. The first kappa shape index (κ1) is 20.0. The monoisotopic (exact) mass is 402 g/mol. The van der Waals surface area contributed by atoms with Crippen LogP contribution in [0, 0.1) is 0 Å². The van der Waals surface area contributed by atoms with E-state index >= 15 is 0 Å². The Hall–Kier alpha value is -0.290. The van der Waals surface area contributed by atoms with Crippen LogP contribution in [0.15, 0.2) is 41.8 Å². The van der Waals surface area contributed by atoms with Crippen molar-refractivity contribution in [3.63, 3.8) is 0 Å². The summed E-state index contributed by atoms with van der Waals surface area (Å²) < 4.78 is 2.17. The maximum Gasteiger partial charge on any atom is 0.0946 e. The largest absolute Gasteiger partial charge is 0.336 e. The van der Waals surface area contributed by atoms with Crippen molar-refractivity contribution < 1.29 is 0 Å². The summed E-state index contributed by atoms with van der Waals surface area (Å²) in [5, 5.41) is 1.79. The maximum absolute atomic E-state index is 6.11. The van der Waals surface area contributed by atoms with Crippen molar-refractivity contribution in [2.24, 2.45) is 0 Å². The van der Waals surface area contributed by atoms with Crippen LogP contribution in [-0.2, 0) is 6.54 Å². The van der Waals surface area contributed by atoms with Gasteiger partial charge in [-0.3, -0.25) is 0 Å². The van der Waals surface area contributed by atoms with E-state index in [0.29, 0.717) is 15.3 Å². The number of halogens is 2. The second kappa shape index (κ2) is 11.3. The minimum absolute atomic E-state index is 0.556. The second-order valence-electron chi connectivity index (χ2n) is 5.70. The zero-order chi connectivity index (χ0) is 17.2. The lowest BCUT2D eigenvalue weighted by Gasteiger charge is -2.17. The van der Waals surface area contributed by atoms with Crippen LogP contribution in [0.1, 0.15) is 32.6 Å². The minimum Gasteiger partial charge on any atom is -0.336 e. The highest BCUT2D eigenvalue weighted by molar-refractivity contribution is 8.03. The third kappa shape index (κ3) is 7.30. The molecular formula is C18H24Cl2N2S2. The van der Waals surface area contributed by atoms with E-state index < -0.39 is 0 Å². The Bertz CT molecular complexity index is 591. The molecular weight excluding hydrogens is 379 g/mol. The van der Waals surface area contributed by atoms with Crippen molar-refractivity contribution in [3.05, 3.63) is 47.0 Å². The molecule has 1 heterocycles. The van der Waals surface area contributed by atoms with Gasteiger partial charge in [0.1, 0.15) is 0 Å². The number of unbranched alkanes of at least 4 members (excludes halogenated alkanes) is 3. The molecule has 1 unspecified atom stereocenters.